The predicted octanol–water partition coefficient (Wildman–Crippen LogP) is 2.68. The van der Waals surface area contributed by atoms with Crippen LogP contribution in [0, 0.1) is 12.8 Å². The van der Waals surface area contributed by atoms with E-state index in [1.165, 1.54) is 11.8 Å². The van der Waals surface area contributed by atoms with Crippen LogP contribution in [-0.4, -0.2) is 32.9 Å². The zero-order valence-corrected chi connectivity index (χ0v) is 14.8. The smallest absolute Gasteiger partial charge is 0.277 e. The van der Waals surface area contributed by atoms with Gasteiger partial charge in [0.15, 0.2) is 0 Å². The van der Waals surface area contributed by atoms with Crippen LogP contribution in [0.25, 0.3) is 0 Å². The highest BCUT2D eigenvalue weighted by Crippen LogP contribution is 2.18. The summed E-state index contributed by atoms with van der Waals surface area (Å²) < 4.78 is 5.53. The van der Waals surface area contributed by atoms with Gasteiger partial charge < -0.3 is 9.73 Å². The van der Waals surface area contributed by atoms with Gasteiger partial charge in [-0.3, -0.25) is 4.79 Å². The van der Waals surface area contributed by atoms with E-state index in [0.717, 1.165) is 10.7 Å². The van der Waals surface area contributed by atoms with E-state index in [0.29, 0.717) is 23.5 Å². The Labute approximate surface area is 138 Å². The maximum Gasteiger partial charge on any atom is 0.277 e. The minimum atomic E-state index is -0.0268. The van der Waals surface area contributed by atoms with Crippen molar-refractivity contribution in [2.75, 3.05) is 5.75 Å². The monoisotopic (exact) mass is 340 g/mol. The first kappa shape index (κ1) is 17.0. The van der Waals surface area contributed by atoms with Gasteiger partial charge in [-0.1, -0.05) is 25.6 Å². The van der Waals surface area contributed by atoms with Gasteiger partial charge in [0.05, 0.1) is 22.9 Å². The van der Waals surface area contributed by atoms with Gasteiger partial charge in [0.1, 0.15) is 0 Å². The first-order chi connectivity index (χ1) is 10.4. The van der Waals surface area contributed by atoms with E-state index in [1.807, 2.05) is 19.2 Å². The van der Waals surface area contributed by atoms with E-state index < -0.39 is 0 Å². The summed E-state index contributed by atoms with van der Waals surface area (Å²) in [7, 11) is 0. The zero-order chi connectivity index (χ0) is 16.1. The lowest BCUT2D eigenvalue weighted by atomic mass is 10.1. The van der Waals surface area contributed by atoms with Crippen molar-refractivity contribution in [3.05, 3.63) is 22.0 Å². The molecule has 2 heterocycles. The Bertz CT molecular complexity index is 624. The molecule has 0 aliphatic heterocycles. The molecule has 0 spiro atoms. The van der Waals surface area contributed by atoms with Crippen LogP contribution >= 0.6 is 23.1 Å². The molecule has 22 heavy (non-hydrogen) atoms. The molecule has 120 valence electrons. The first-order valence-corrected chi connectivity index (χ1v) is 8.96. The highest BCUT2D eigenvalue weighted by molar-refractivity contribution is 7.99. The van der Waals surface area contributed by atoms with Crippen molar-refractivity contribution in [2.45, 2.75) is 45.4 Å². The number of thiazole rings is 1. The zero-order valence-electron chi connectivity index (χ0n) is 13.1. The molecule has 0 fully saturated rings. The number of nitrogens with zero attached hydrogens (tertiary/aromatic N) is 3. The Morgan fingerprint density at radius 1 is 1.41 bits per heavy atom. The molecule has 0 aliphatic carbocycles. The molecule has 2 aromatic heterocycles. The van der Waals surface area contributed by atoms with Crippen molar-refractivity contribution in [3.8, 4) is 0 Å². The van der Waals surface area contributed by atoms with Crippen LogP contribution in [0.1, 0.15) is 37.4 Å². The van der Waals surface area contributed by atoms with Crippen molar-refractivity contribution in [1.82, 2.24) is 20.5 Å². The fraction of sp³-hybridized carbons (Fsp3) is 0.571. The Kier molecular flexibility index (Phi) is 5.96. The van der Waals surface area contributed by atoms with Gasteiger partial charge in [-0.15, -0.1) is 21.5 Å². The third-order valence-corrected chi connectivity index (χ3v) is 4.80. The van der Waals surface area contributed by atoms with Gasteiger partial charge in [0.2, 0.25) is 11.8 Å². The second-order valence-corrected chi connectivity index (χ2v) is 7.37. The van der Waals surface area contributed by atoms with E-state index in [2.05, 4.69) is 34.3 Å². The summed E-state index contributed by atoms with van der Waals surface area (Å²) in [5.74, 6) is 1.17. The molecule has 1 amide bonds. The van der Waals surface area contributed by atoms with Crippen LogP contribution in [0.4, 0.5) is 0 Å². The largest absolute Gasteiger partial charge is 0.416 e. The van der Waals surface area contributed by atoms with Crippen LogP contribution in [0.3, 0.4) is 0 Å². The van der Waals surface area contributed by atoms with Gasteiger partial charge >= 0.3 is 0 Å². The summed E-state index contributed by atoms with van der Waals surface area (Å²) in [6, 6.07) is 0.152. The Morgan fingerprint density at radius 3 is 2.82 bits per heavy atom. The van der Waals surface area contributed by atoms with Crippen LogP contribution in [0.5, 0.6) is 0 Å². The Morgan fingerprint density at radius 2 is 2.18 bits per heavy atom. The van der Waals surface area contributed by atoms with Gasteiger partial charge in [-0.05, 0) is 19.8 Å². The third-order valence-electron chi connectivity index (χ3n) is 3.16. The molecule has 8 heteroatoms. The summed E-state index contributed by atoms with van der Waals surface area (Å²) in [5.41, 5.74) is 0.922. The summed E-state index contributed by atoms with van der Waals surface area (Å²) in [5, 5.41) is 14.3. The maximum absolute atomic E-state index is 11.8. The number of aromatic nitrogens is 3. The molecule has 1 unspecified atom stereocenters. The minimum absolute atomic E-state index is 0.0268. The molecule has 1 atom stereocenters. The normalized spacial score (nSPS) is 12.6. The second kappa shape index (κ2) is 7.73. The summed E-state index contributed by atoms with van der Waals surface area (Å²) in [4.78, 5) is 16.2. The van der Waals surface area contributed by atoms with Crippen molar-refractivity contribution in [3.63, 3.8) is 0 Å². The summed E-state index contributed by atoms with van der Waals surface area (Å²) in [6.45, 7) is 8.10. The topological polar surface area (TPSA) is 80.9 Å². The molecule has 0 saturated carbocycles. The van der Waals surface area contributed by atoms with E-state index in [9.17, 15) is 4.79 Å². The second-order valence-electron chi connectivity index (χ2n) is 5.39. The van der Waals surface area contributed by atoms with E-state index in [-0.39, 0.29) is 17.7 Å². The molecular formula is C14H20N4O2S2. The molecule has 6 nitrogen and oxygen atoms in total. The minimum Gasteiger partial charge on any atom is -0.416 e. The highest BCUT2D eigenvalue weighted by atomic mass is 32.2. The van der Waals surface area contributed by atoms with Crippen LogP contribution < -0.4 is 5.32 Å². The number of aryl methyl sites for hydroxylation is 1. The molecular weight excluding hydrogens is 320 g/mol. The third kappa shape index (κ3) is 5.10. The number of hydrogen-bond donors (Lipinski definition) is 1. The van der Waals surface area contributed by atoms with Gasteiger partial charge in [0, 0.05) is 11.4 Å². The standard InChI is InChI=1S/C14H20N4O2S2/c1-8(2)9(3)15-12(19)7-22-14-18-17-13(20-14)5-11-6-21-10(4)16-11/h6,8-9H,5,7H2,1-4H3,(H,15,19). The average molecular weight is 340 g/mol. The lowest BCUT2D eigenvalue weighted by Crippen LogP contribution is -2.37. The van der Waals surface area contributed by atoms with Crippen molar-refractivity contribution >= 4 is 29.0 Å². The van der Waals surface area contributed by atoms with E-state index in [1.54, 1.807) is 11.3 Å². The fourth-order valence-electron chi connectivity index (χ4n) is 1.60. The van der Waals surface area contributed by atoms with Crippen LogP contribution in [-0.2, 0) is 11.2 Å². The highest BCUT2D eigenvalue weighted by Gasteiger charge is 2.14. The maximum atomic E-state index is 11.8. The lowest BCUT2D eigenvalue weighted by Gasteiger charge is -2.16. The molecule has 0 radical (unpaired) electrons. The Hall–Kier alpha value is -1.41. The molecule has 1 N–H and O–H groups in total. The van der Waals surface area contributed by atoms with Crippen molar-refractivity contribution in [2.24, 2.45) is 5.92 Å². The number of nitrogens with one attached hydrogen (secondary N) is 1. The lowest BCUT2D eigenvalue weighted by molar-refractivity contribution is -0.119. The van der Waals surface area contributed by atoms with Gasteiger partial charge in [-0.25, -0.2) is 4.98 Å². The first-order valence-electron chi connectivity index (χ1n) is 7.09. The number of carbonyl (C=O) groups excluding carboxylic acids is 1. The molecule has 2 rings (SSSR count). The number of amides is 1. The quantitative estimate of drug-likeness (QED) is 0.781. The number of carbonyl (C=O) groups is 1. The summed E-state index contributed by atoms with van der Waals surface area (Å²) in [6.07, 6.45) is 0.522. The van der Waals surface area contributed by atoms with E-state index in [4.69, 9.17) is 4.42 Å². The average Bonchev–Trinajstić information content (AvgIpc) is 3.06. The number of hydrogen-bond acceptors (Lipinski definition) is 7. The van der Waals surface area contributed by atoms with Crippen molar-refractivity contribution < 1.29 is 9.21 Å². The number of rotatable bonds is 7. The Balaban J connectivity index is 1.81. The molecule has 0 aromatic carbocycles. The fourth-order valence-corrected chi connectivity index (χ4v) is 2.81. The molecule has 0 aliphatic rings. The number of thioether (sulfide) groups is 1. The SMILES string of the molecule is Cc1nc(Cc2nnc(SCC(=O)NC(C)C(C)C)o2)cs1. The van der Waals surface area contributed by atoms with Gasteiger partial charge in [0.25, 0.3) is 5.22 Å². The van der Waals surface area contributed by atoms with Gasteiger partial charge in [-0.2, -0.15) is 0 Å². The summed E-state index contributed by atoms with van der Waals surface area (Å²) >= 11 is 2.84. The molecule has 0 bridgehead atoms. The molecule has 0 saturated heterocycles. The van der Waals surface area contributed by atoms with Crippen molar-refractivity contribution in [1.29, 1.82) is 0 Å². The van der Waals surface area contributed by atoms with Crippen LogP contribution in [0.2, 0.25) is 0 Å². The molecule has 2 aromatic rings. The van der Waals surface area contributed by atoms with E-state index >= 15 is 0 Å². The van der Waals surface area contributed by atoms with Crippen LogP contribution in [0.15, 0.2) is 15.0 Å². The predicted molar refractivity (Wildman–Crippen MR) is 87.1 cm³/mol.